The van der Waals surface area contributed by atoms with Crippen molar-refractivity contribution in [2.45, 2.75) is 46.3 Å². The molecule has 21 heavy (non-hydrogen) atoms. The highest BCUT2D eigenvalue weighted by molar-refractivity contribution is 5.59. The topological polar surface area (TPSA) is 70.5 Å². The zero-order valence-corrected chi connectivity index (χ0v) is 13.6. The minimum Gasteiger partial charge on any atom is -0.394 e. The van der Waals surface area contributed by atoms with E-state index in [0.29, 0.717) is 6.54 Å². The first-order chi connectivity index (χ1) is 9.86. The number of aromatic nitrogens is 2. The monoisotopic (exact) mass is 294 g/mol. The third-order valence-corrected chi connectivity index (χ3v) is 3.56. The standard InChI is InChI=1S/C15H26N4O2/c1-6-16-13-10(2)14(18-11(3)17-13)19-7-12(8-20)21-15(4,5)9-19/h12,20H,6-9H2,1-5H3,(H,16,17,18). The largest absolute Gasteiger partial charge is 0.394 e. The van der Waals surface area contributed by atoms with Crippen molar-refractivity contribution in [3.63, 3.8) is 0 Å². The van der Waals surface area contributed by atoms with Crippen LogP contribution >= 0.6 is 0 Å². The summed E-state index contributed by atoms with van der Waals surface area (Å²) in [5.41, 5.74) is 0.729. The summed E-state index contributed by atoms with van der Waals surface area (Å²) in [4.78, 5) is 11.3. The molecule has 2 N–H and O–H groups in total. The molecule has 0 radical (unpaired) electrons. The highest BCUT2D eigenvalue weighted by Gasteiger charge is 2.34. The normalized spacial score (nSPS) is 21.4. The van der Waals surface area contributed by atoms with Gasteiger partial charge in [0.15, 0.2) is 0 Å². The van der Waals surface area contributed by atoms with Gasteiger partial charge in [-0.1, -0.05) is 0 Å². The Labute approximate surface area is 126 Å². The second-order valence-corrected chi connectivity index (χ2v) is 6.16. The summed E-state index contributed by atoms with van der Waals surface area (Å²) in [6.07, 6.45) is -0.189. The molecule has 6 nitrogen and oxygen atoms in total. The van der Waals surface area contributed by atoms with Gasteiger partial charge in [0.25, 0.3) is 0 Å². The fourth-order valence-corrected chi connectivity index (χ4v) is 2.81. The van der Waals surface area contributed by atoms with E-state index in [1.54, 1.807) is 0 Å². The Morgan fingerprint density at radius 3 is 2.71 bits per heavy atom. The average Bonchev–Trinajstić information content (AvgIpc) is 2.40. The summed E-state index contributed by atoms with van der Waals surface area (Å²) in [6, 6.07) is 0. The molecule has 0 bridgehead atoms. The van der Waals surface area contributed by atoms with E-state index in [0.717, 1.165) is 36.1 Å². The lowest BCUT2D eigenvalue weighted by Gasteiger charge is -2.43. The van der Waals surface area contributed by atoms with Crippen LogP contribution in [0.4, 0.5) is 11.6 Å². The van der Waals surface area contributed by atoms with E-state index in [2.05, 4.69) is 27.1 Å². The Hall–Kier alpha value is -1.40. The quantitative estimate of drug-likeness (QED) is 0.877. The van der Waals surface area contributed by atoms with Gasteiger partial charge >= 0.3 is 0 Å². The lowest BCUT2D eigenvalue weighted by atomic mass is 10.0. The Morgan fingerprint density at radius 1 is 1.38 bits per heavy atom. The molecule has 1 unspecified atom stereocenters. The highest BCUT2D eigenvalue weighted by Crippen LogP contribution is 2.29. The van der Waals surface area contributed by atoms with Gasteiger partial charge in [-0.05, 0) is 34.6 Å². The maximum atomic E-state index is 9.45. The predicted octanol–water partition coefficient (Wildman–Crippen LogP) is 1.50. The maximum absolute atomic E-state index is 9.45. The van der Waals surface area contributed by atoms with E-state index in [1.807, 2.05) is 27.7 Å². The lowest BCUT2D eigenvalue weighted by Crippen LogP contribution is -2.54. The number of anilines is 2. The van der Waals surface area contributed by atoms with Crippen LogP contribution in [0.5, 0.6) is 0 Å². The highest BCUT2D eigenvalue weighted by atomic mass is 16.5. The van der Waals surface area contributed by atoms with Crippen molar-refractivity contribution >= 4 is 11.6 Å². The fourth-order valence-electron chi connectivity index (χ4n) is 2.81. The second kappa shape index (κ2) is 6.15. The van der Waals surface area contributed by atoms with Gasteiger partial charge in [0.05, 0.1) is 18.3 Å². The van der Waals surface area contributed by atoms with Crippen LogP contribution in [0.1, 0.15) is 32.2 Å². The van der Waals surface area contributed by atoms with Crippen molar-refractivity contribution in [1.29, 1.82) is 0 Å². The molecule has 1 aromatic heterocycles. The zero-order valence-electron chi connectivity index (χ0n) is 13.6. The molecule has 0 amide bonds. The summed E-state index contributed by atoms with van der Waals surface area (Å²) in [5, 5.41) is 12.7. The first-order valence-electron chi connectivity index (χ1n) is 7.49. The van der Waals surface area contributed by atoms with Gasteiger partial charge in [0, 0.05) is 25.2 Å². The number of nitrogens with zero attached hydrogens (tertiary/aromatic N) is 3. The summed E-state index contributed by atoms with van der Waals surface area (Å²) < 4.78 is 5.87. The molecule has 0 spiro atoms. The Bertz CT molecular complexity index is 505. The van der Waals surface area contributed by atoms with Crippen LogP contribution in [0.15, 0.2) is 0 Å². The van der Waals surface area contributed by atoms with E-state index < -0.39 is 0 Å². The average molecular weight is 294 g/mol. The van der Waals surface area contributed by atoms with Crippen LogP contribution in [-0.4, -0.2) is 53.0 Å². The van der Waals surface area contributed by atoms with Crippen LogP contribution in [-0.2, 0) is 4.74 Å². The number of hydrogen-bond donors (Lipinski definition) is 2. The third-order valence-electron chi connectivity index (χ3n) is 3.56. The number of aliphatic hydroxyl groups is 1. The molecule has 0 aromatic carbocycles. The SMILES string of the molecule is CCNc1nc(C)nc(N2CC(CO)OC(C)(C)C2)c1C. The molecular weight excluding hydrogens is 268 g/mol. The van der Waals surface area contributed by atoms with Gasteiger partial charge in [-0.15, -0.1) is 0 Å². The van der Waals surface area contributed by atoms with Crippen LogP contribution in [0.3, 0.4) is 0 Å². The molecule has 1 aliphatic heterocycles. The van der Waals surface area contributed by atoms with E-state index in [4.69, 9.17) is 4.74 Å². The van der Waals surface area contributed by atoms with Gasteiger partial charge in [-0.3, -0.25) is 0 Å². The number of ether oxygens (including phenoxy) is 1. The van der Waals surface area contributed by atoms with Crippen LogP contribution < -0.4 is 10.2 Å². The molecule has 118 valence electrons. The first-order valence-corrected chi connectivity index (χ1v) is 7.49. The first kappa shape index (κ1) is 16.0. The smallest absolute Gasteiger partial charge is 0.137 e. The number of morpholine rings is 1. The molecule has 1 aliphatic rings. The molecule has 1 saturated heterocycles. The Morgan fingerprint density at radius 2 is 2.10 bits per heavy atom. The van der Waals surface area contributed by atoms with Crippen molar-refractivity contribution in [3.8, 4) is 0 Å². The van der Waals surface area contributed by atoms with Gasteiger partial charge in [-0.25, -0.2) is 9.97 Å². The lowest BCUT2D eigenvalue weighted by molar-refractivity contribution is -0.101. The molecule has 1 fully saturated rings. The van der Waals surface area contributed by atoms with E-state index in [9.17, 15) is 5.11 Å². The molecule has 1 atom stereocenters. The third kappa shape index (κ3) is 3.63. The maximum Gasteiger partial charge on any atom is 0.137 e. The zero-order chi connectivity index (χ0) is 15.6. The minimum absolute atomic E-state index is 0.0170. The molecule has 0 aliphatic carbocycles. The molecule has 2 heterocycles. The van der Waals surface area contributed by atoms with Gasteiger partial charge in [0.2, 0.25) is 0 Å². The molecule has 6 heteroatoms. The minimum atomic E-state index is -0.310. The van der Waals surface area contributed by atoms with E-state index >= 15 is 0 Å². The molecule has 2 rings (SSSR count). The Kier molecular flexibility index (Phi) is 4.68. The van der Waals surface area contributed by atoms with Crippen LogP contribution in [0, 0.1) is 13.8 Å². The van der Waals surface area contributed by atoms with Crippen molar-refractivity contribution in [1.82, 2.24) is 9.97 Å². The van der Waals surface area contributed by atoms with Crippen molar-refractivity contribution in [2.75, 3.05) is 36.5 Å². The summed E-state index contributed by atoms with van der Waals surface area (Å²) in [5.74, 6) is 2.55. The predicted molar refractivity (Wildman–Crippen MR) is 83.9 cm³/mol. The van der Waals surface area contributed by atoms with Gasteiger partial charge < -0.3 is 20.1 Å². The van der Waals surface area contributed by atoms with Crippen molar-refractivity contribution < 1.29 is 9.84 Å². The van der Waals surface area contributed by atoms with Crippen LogP contribution in [0.2, 0.25) is 0 Å². The van der Waals surface area contributed by atoms with E-state index in [-0.39, 0.29) is 18.3 Å². The van der Waals surface area contributed by atoms with Crippen molar-refractivity contribution in [2.24, 2.45) is 0 Å². The molecule has 1 aromatic rings. The van der Waals surface area contributed by atoms with Gasteiger partial charge in [-0.2, -0.15) is 0 Å². The number of rotatable bonds is 4. The number of aryl methyl sites for hydroxylation is 1. The molecule has 0 saturated carbocycles. The van der Waals surface area contributed by atoms with E-state index in [1.165, 1.54) is 0 Å². The number of nitrogens with one attached hydrogen (secondary N) is 1. The summed E-state index contributed by atoms with van der Waals surface area (Å²) in [6.45, 7) is 12.3. The Balaban J connectivity index is 2.36. The summed E-state index contributed by atoms with van der Waals surface area (Å²) in [7, 11) is 0. The van der Waals surface area contributed by atoms with Crippen LogP contribution in [0.25, 0.3) is 0 Å². The van der Waals surface area contributed by atoms with Gasteiger partial charge in [0.1, 0.15) is 17.5 Å². The summed E-state index contributed by atoms with van der Waals surface area (Å²) >= 11 is 0. The number of hydrogen-bond acceptors (Lipinski definition) is 6. The van der Waals surface area contributed by atoms with Crippen molar-refractivity contribution in [3.05, 3.63) is 11.4 Å². The molecular formula is C15H26N4O2. The fraction of sp³-hybridized carbons (Fsp3) is 0.733. The second-order valence-electron chi connectivity index (χ2n) is 6.16. The number of aliphatic hydroxyl groups excluding tert-OH is 1.